The van der Waals surface area contributed by atoms with Crippen LogP contribution in [0, 0.1) is 6.92 Å². The molecule has 1 saturated carbocycles. The van der Waals surface area contributed by atoms with Crippen LogP contribution in [0.2, 0.25) is 0 Å². The van der Waals surface area contributed by atoms with Crippen LogP contribution in [-0.4, -0.2) is 12.7 Å². The molecule has 2 aliphatic rings. The second kappa shape index (κ2) is 5.80. The first-order chi connectivity index (χ1) is 12.0. The lowest BCUT2D eigenvalue weighted by Crippen LogP contribution is -2.28. The summed E-state index contributed by atoms with van der Waals surface area (Å²) in [5.41, 5.74) is 3.79. The van der Waals surface area contributed by atoms with Crippen molar-refractivity contribution < 1.29 is 14.3 Å². The number of hydrogen-bond acceptors (Lipinski definition) is 3. The van der Waals surface area contributed by atoms with Crippen molar-refractivity contribution >= 4 is 11.6 Å². The van der Waals surface area contributed by atoms with Gasteiger partial charge in [0, 0.05) is 5.69 Å². The van der Waals surface area contributed by atoms with E-state index in [9.17, 15) is 4.79 Å². The molecule has 0 unspecified atom stereocenters. The third-order valence-corrected chi connectivity index (χ3v) is 5.28. The Hall–Kier alpha value is -2.49. The first kappa shape index (κ1) is 16.0. The van der Waals surface area contributed by atoms with Gasteiger partial charge in [-0.2, -0.15) is 0 Å². The van der Waals surface area contributed by atoms with Crippen LogP contribution in [0.1, 0.15) is 49.3 Å². The molecule has 0 atom stereocenters. The zero-order valence-corrected chi connectivity index (χ0v) is 14.9. The lowest BCUT2D eigenvalue weighted by atomic mass is 9.93. The van der Waals surface area contributed by atoms with E-state index in [1.54, 1.807) is 0 Å². The molecule has 0 aromatic heterocycles. The van der Waals surface area contributed by atoms with E-state index in [1.807, 2.05) is 37.3 Å². The molecule has 2 aromatic rings. The summed E-state index contributed by atoms with van der Waals surface area (Å²) in [7, 11) is 0. The minimum Gasteiger partial charge on any atom is -0.454 e. The van der Waals surface area contributed by atoms with E-state index in [1.165, 1.54) is 5.56 Å². The molecular formula is C21H23NO3. The molecule has 4 nitrogen and oxygen atoms in total. The Morgan fingerprint density at radius 3 is 2.60 bits per heavy atom. The van der Waals surface area contributed by atoms with Crippen LogP contribution in [0.15, 0.2) is 36.4 Å². The van der Waals surface area contributed by atoms with E-state index in [4.69, 9.17) is 9.47 Å². The van der Waals surface area contributed by atoms with Crippen LogP contribution in [-0.2, 0) is 10.2 Å². The van der Waals surface area contributed by atoms with Gasteiger partial charge in [-0.3, -0.25) is 4.79 Å². The first-order valence-corrected chi connectivity index (χ1v) is 8.82. The number of anilines is 1. The summed E-state index contributed by atoms with van der Waals surface area (Å²) in [5.74, 6) is 1.91. The topological polar surface area (TPSA) is 47.6 Å². The number of hydrogen-bond donors (Lipinski definition) is 1. The van der Waals surface area contributed by atoms with Gasteiger partial charge in [-0.25, -0.2) is 0 Å². The molecule has 4 rings (SSSR count). The highest BCUT2D eigenvalue weighted by molar-refractivity contribution is 6.02. The summed E-state index contributed by atoms with van der Waals surface area (Å²) < 4.78 is 10.9. The highest BCUT2D eigenvalue weighted by Gasteiger charge is 2.51. The van der Waals surface area contributed by atoms with Crippen molar-refractivity contribution in [1.82, 2.24) is 0 Å². The fourth-order valence-corrected chi connectivity index (χ4v) is 3.54. The first-order valence-electron chi connectivity index (χ1n) is 8.82. The number of benzene rings is 2. The lowest BCUT2D eigenvalue weighted by molar-refractivity contribution is -0.118. The third kappa shape index (κ3) is 2.66. The minimum absolute atomic E-state index is 0.0718. The van der Waals surface area contributed by atoms with Gasteiger partial charge in [-0.15, -0.1) is 0 Å². The van der Waals surface area contributed by atoms with Gasteiger partial charge >= 0.3 is 0 Å². The molecule has 0 spiro atoms. The average Bonchev–Trinajstić information content (AvgIpc) is 3.27. The maximum atomic E-state index is 13.1. The zero-order chi connectivity index (χ0) is 17.6. The number of rotatable bonds is 4. The van der Waals surface area contributed by atoms with Gasteiger partial charge < -0.3 is 14.8 Å². The van der Waals surface area contributed by atoms with E-state index in [0.29, 0.717) is 5.92 Å². The van der Waals surface area contributed by atoms with Gasteiger partial charge in [0.2, 0.25) is 12.7 Å². The molecule has 1 N–H and O–H groups in total. The summed E-state index contributed by atoms with van der Waals surface area (Å²) in [6, 6.07) is 12.0. The zero-order valence-electron chi connectivity index (χ0n) is 14.9. The molecule has 1 heterocycles. The predicted octanol–water partition coefficient (Wildman–Crippen LogP) is 4.52. The van der Waals surface area contributed by atoms with Crippen LogP contribution < -0.4 is 14.8 Å². The number of amides is 1. The Balaban J connectivity index is 1.64. The molecule has 1 amide bonds. The van der Waals surface area contributed by atoms with Gasteiger partial charge in [-0.1, -0.05) is 38.1 Å². The van der Waals surface area contributed by atoms with E-state index < -0.39 is 5.41 Å². The quantitative estimate of drug-likeness (QED) is 0.892. The number of aryl methyl sites for hydroxylation is 1. The molecule has 4 heteroatoms. The van der Waals surface area contributed by atoms with Crippen LogP contribution in [0.4, 0.5) is 5.69 Å². The number of ether oxygens (including phenoxy) is 2. The van der Waals surface area contributed by atoms with E-state index in [0.717, 1.165) is 41.2 Å². The summed E-state index contributed by atoms with van der Waals surface area (Å²) in [6.07, 6.45) is 1.72. The van der Waals surface area contributed by atoms with E-state index >= 15 is 0 Å². The van der Waals surface area contributed by atoms with Crippen molar-refractivity contribution in [2.24, 2.45) is 0 Å². The van der Waals surface area contributed by atoms with E-state index in [-0.39, 0.29) is 12.7 Å². The van der Waals surface area contributed by atoms with Crippen LogP contribution >= 0.6 is 0 Å². The largest absolute Gasteiger partial charge is 0.454 e. The molecule has 0 bridgehead atoms. The van der Waals surface area contributed by atoms with Crippen LogP contribution in [0.25, 0.3) is 0 Å². The Morgan fingerprint density at radius 2 is 1.88 bits per heavy atom. The number of carbonyl (C=O) groups is 1. The van der Waals surface area contributed by atoms with E-state index in [2.05, 4.69) is 25.2 Å². The molecule has 0 saturated heterocycles. The third-order valence-electron chi connectivity index (χ3n) is 5.28. The number of nitrogens with one attached hydrogen (secondary N) is 1. The standard InChI is InChI=1S/C21H23NO3/c1-13(2)16-6-4-5-14(3)19(16)22-20(23)21(9-10-21)15-7-8-17-18(11-15)25-12-24-17/h4-8,11,13H,9-10,12H2,1-3H3,(H,22,23). The van der Waals surface area contributed by atoms with Crippen molar-refractivity contribution in [3.63, 3.8) is 0 Å². The molecule has 1 aliphatic carbocycles. The number of para-hydroxylation sites is 1. The Kier molecular flexibility index (Phi) is 3.71. The summed E-state index contributed by atoms with van der Waals surface area (Å²) >= 11 is 0. The average molecular weight is 337 g/mol. The van der Waals surface area contributed by atoms with Crippen molar-refractivity contribution in [3.8, 4) is 11.5 Å². The van der Waals surface area contributed by atoms with Gasteiger partial charge in [0.05, 0.1) is 5.41 Å². The Morgan fingerprint density at radius 1 is 1.12 bits per heavy atom. The Bertz CT molecular complexity index is 837. The Labute approximate surface area is 148 Å². The fourth-order valence-electron chi connectivity index (χ4n) is 3.54. The molecule has 2 aromatic carbocycles. The molecule has 1 fully saturated rings. The summed E-state index contributed by atoms with van der Waals surface area (Å²) in [5, 5.41) is 3.22. The minimum atomic E-state index is -0.447. The molecular weight excluding hydrogens is 314 g/mol. The summed E-state index contributed by atoms with van der Waals surface area (Å²) in [6.45, 7) is 6.59. The van der Waals surface area contributed by atoms with Crippen LogP contribution in [0.5, 0.6) is 11.5 Å². The van der Waals surface area contributed by atoms with Crippen LogP contribution in [0.3, 0.4) is 0 Å². The molecule has 130 valence electrons. The van der Waals surface area contributed by atoms with Crippen molar-refractivity contribution in [3.05, 3.63) is 53.1 Å². The van der Waals surface area contributed by atoms with Crippen molar-refractivity contribution in [2.75, 3.05) is 12.1 Å². The smallest absolute Gasteiger partial charge is 0.235 e. The highest BCUT2D eigenvalue weighted by atomic mass is 16.7. The lowest BCUT2D eigenvalue weighted by Gasteiger charge is -2.21. The maximum absolute atomic E-state index is 13.1. The predicted molar refractivity (Wildman–Crippen MR) is 97.4 cm³/mol. The second-order valence-electron chi connectivity index (χ2n) is 7.30. The normalized spacial score (nSPS) is 16.8. The molecule has 1 aliphatic heterocycles. The van der Waals surface area contributed by atoms with Gasteiger partial charge in [0.1, 0.15) is 0 Å². The van der Waals surface area contributed by atoms with Crippen molar-refractivity contribution in [2.45, 2.75) is 44.9 Å². The highest BCUT2D eigenvalue weighted by Crippen LogP contribution is 2.51. The monoisotopic (exact) mass is 337 g/mol. The number of carbonyl (C=O) groups excluding carboxylic acids is 1. The van der Waals surface area contributed by atoms with Crippen molar-refractivity contribution in [1.29, 1.82) is 0 Å². The second-order valence-corrected chi connectivity index (χ2v) is 7.30. The molecule has 25 heavy (non-hydrogen) atoms. The SMILES string of the molecule is Cc1cccc(C(C)C)c1NC(=O)C1(c2ccc3c(c2)OCO3)CC1. The van der Waals surface area contributed by atoms with Gasteiger partial charge in [-0.05, 0) is 54.5 Å². The van der Waals surface area contributed by atoms with Gasteiger partial charge in [0.15, 0.2) is 11.5 Å². The number of fused-ring (bicyclic) bond motifs is 1. The maximum Gasteiger partial charge on any atom is 0.235 e. The van der Waals surface area contributed by atoms with Gasteiger partial charge in [0.25, 0.3) is 0 Å². The fraction of sp³-hybridized carbons (Fsp3) is 0.381. The summed E-state index contributed by atoms with van der Waals surface area (Å²) in [4.78, 5) is 13.1. The molecule has 0 radical (unpaired) electrons.